The molecule has 18 heavy (non-hydrogen) atoms. The number of H-pyrrole nitrogens is 1. The minimum absolute atomic E-state index is 0.425. The second kappa shape index (κ2) is 4.31. The van der Waals surface area contributed by atoms with Crippen molar-refractivity contribution in [3.05, 3.63) is 41.9 Å². The molecule has 4 nitrogen and oxygen atoms in total. The molecule has 1 N–H and O–H groups in total. The number of nitrogens with one attached hydrogen (secondary N) is 1. The van der Waals surface area contributed by atoms with Crippen molar-refractivity contribution < 1.29 is 4.74 Å². The monoisotopic (exact) mass is 259 g/mol. The van der Waals surface area contributed by atoms with Gasteiger partial charge in [-0.1, -0.05) is 23.7 Å². The lowest BCUT2D eigenvalue weighted by molar-refractivity contribution is 0.415. The molecule has 0 unspecified atom stereocenters. The number of methoxy groups -OCH3 is 1. The molecule has 1 aromatic carbocycles. The summed E-state index contributed by atoms with van der Waals surface area (Å²) in [4.78, 5) is 11.3. The Kier molecular flexibility index (Phi) is 2.64. The zero-order valence-corrected chi connectivity index (χ0v) is 10.4. The van der Waals surface area contributed by atoms with Gasteiger partial charge >= 0.3 is 0 Å². The zero-order valence-electron chi connectivity index (χ0n) is 9.64. The van der Waals surface area contributed by atoms with E-state index in [4.69, 9.17) is 16.3 Å². The molecule has 0 amide bonds. The average molecular weight is 260 g/mol. The van der Waals surface area contributed by atoms with Crippen molar-refractivity contribution in [2.45, 2.75) is 0 Å². The quantitative estimate of drug-likeness (QED) is 0.719. The van der Waals surface area contributed by atoms with E-state index in [1.165, 1.54) is 6.33 Å². The summed E-state index contributed by atoms with van der Waals surface area (Å²) in [6.07, 6.45) is 3.34. The Hall–Kier alpha value is -2.07. The van der Waals surface area contributed by atoms with Crippen LogP contribution in [0.15, 0.2) is 36.8 Å². The standard InChI is InChI=1S/C13H10ClN3O/c1-18-9-4-2-3-8(5-9)10-6-15-12-11(10)16-7-17-13(12)14/h2-7,15H,1H3. The zero-order chi connectivity index (χ0) is 12.5. The number of ether oxygens (including phenoxy) is 1. The van der Waals surface area contributed by atoms with Gasteiger partial charge in [0.15, 0.2) is 5.15 Å². The topological polar surface area (TPSA) is 50.8 Å². The SMILES string of the molecule is COc1cccc(-c2c[nH]c3c(Cl)ncnc23)c1. The van der Waals surface area contributed by atoms with E-state index in [0.29, 0.717) is 5.15 Å². The first kappa shape index (κ1) is 11.0. The Bertz CT molecular complexity index is 708. The largest absolute Gasteiger partial charge is 0.497 e. The van der Waals surface area contributed by atoms with Gasteiger partial charge in [-0.25, -0.2) is 9.97 Å². The molecule has 0 radical (unpaired) electrons. The molecule has 90 valence electrons. The molecule has 5 heteroatoms. The molecule has 0 aliphatic heterocycles. The Morgan fingerprint density at radius 2 is 2.17 bits per heavy atom. The molecule has 0 aliphatic rings. The van der Waals surface area contributed by atoms with Crippen molar-refractivity contribution in [1.82, 2.24) is 15.0 Å². The van der Waals surface area contributed by atoms with Crippen molar-refractivity contribution in [3.8, 4) is 16.9 Å². The van der Waals surface area contributed by atoms with E-state index in [-0.39, 0.29) is 0 Å². The minimum atomic E-state index is 0.425. The summed E-state index contributed by atoms with van der Waals surface area (Å²) in [7, 11) is 1.65. The van der Waals surface area contributed by atoms with E-state index in [1.54, 1.807) is 7.11 Å². The van der Waals surface area contributed by atoms with Gasteiger partial charge in [-0.05, 0) is 17.7 Å². The van der Waals surface area contributed by atoms with Crippen LogP contribution in [0.4, 0.5) is 0 Å². The molecular formula is C13H10ClN3O. The lowest BCUT2D eigenvalue weighted by Gasteiger charge is -2.03. The van der Waals surface area contributed by atoms with E-state index in [2.05, 4.69) is 15.0 Å². The van der Waals surface area contributed by atoms with Gasteiger partial charge in [0.1, 0.15) is 23.1 Å². The minimum Gasteiger partial charge on any atom is -0.497 e. The van der Waals surface area contributed by atoms with Crippen molar-refractivity contribution in [3.63, 3.8) is 0 Å². The lowest BCUT2D eigenvalue weighted by Crippen LogP contribution is -1.85. The third kappa shape index (κ3) is 1.71. The number of fused-ring (bicyclic) bond motifs is 1. The summed E-state index contributed by atoms with van der Waals surface area (Å²) >= 11 is 6.01. The molecule has 3 rings (SSSR count). The van der Waals surface area contributed by atoms with Crippen molar-refractivity contribution in [2.24, 2.45) is 0 Å². The number of hydrogen-bond acceptors (Lipinski definition) is 3. The molecule has 0 atom stereocenters. The Labute approximate surface area is 109 Å². The molecule has 0 saturated carbocycles. The summed E-state index contributed by atoms with van der Waals surface area (Å²) in [6.45, 7) is 0. The van der Waals surface area contributed by atoms with Gasteiger partial charge in [0, 0.05) is 11.8 Å². The van der Waals surface area contributed by atoms with Crippen LogP contribution in [-0.2, 0) is 0 Å². The summed E-state index contributed by atoms with van der Waals surface area (Å²) in [5, 5.41) is 0.425. The second-order valence-corrected chi connectivity index (χ2v) is 4.18. The van der Waals surface area contributed by atoms with Crippen LogP contribution in [0, 0.1) is 0 Å². The van der Waals surface area contributed by atoms with Crippen LogP contribution < -0.4 is 4.74 Å². The highest BCUT2D eigenvalue weighted by atomic mass is 35.5. The van der Waals surface area contributed by atoms with Crippen LogP contribution >= 0.6 is 11.6 Å². The maximum Gasteiger partial charge on any atom is 0.156 e. The number of nitrogens with zero attached hydrogens (tertiary/aromatic N) is 2. The fourth-order valence-corrected chi connectivity index (χ4v) is 2.11. The van der Waals surface area contributed by atoms with Crippen molar-refractivity contribution >= 4 is 22.6 Å². The molecule has 0 bridgehead atoms. The van der Waals surface area contributed by atoms with E-state index in [0.717, 1.165) is 27.9 Å². The van der Waals surface area contributed by atoms with Crippen LogP contribution in [0.3, 0.4) is 0 Å². The number of aromatic amines is 1. The van der Waals surface area contributed by atoms with Crippen molar-refractivity contribution in [2.75, 3.05) is 7.11 Å². The molecule has 3 aromatic rings. The summed E-state index contributed by atoms with van der Waals surface area (Å²) in [5.41, 5.74) is 3.56. The van der Waals surface area contributed by atoms with E-state index >= 15 is 0 Å². The smallest absolute Gasteiger partial charge is 0.156 e. The second-order valence-electron chi connectivity index (χ2n) is 3.82. The fourth-order valence-electron chi connectivity index (χ4n) is 1.92. The van der Waals surface area contributed by atoms with Crippen LogP contribution in [0.2, 0.25) is 5.15 Å². The number of halogens is 1. The van der Waals surface area contributed by atoms with Crippen LogP contribution in [0.25, 0.3) is 22.2 Å². The van der Waals surface area contributed by atoms with Gasteiger partial charge in [-0.15, -0.1) is 0 Å². The molecule has 0 aliphatic carbocycles. The number of aromatic nitrogens is 3. The van der Waals surface area contributed by atoms with E-state index in [1.807, 2.05) is 30.5 Å². The van der Waals surface area contributed by atoms with Crippen LogP contribution in [0.1, 0.15) is 0 Å². The Balaban J connectivity index is 2.22. The van der Waals surface area contributed by atoms with Gasteiger partial charge in [-0.2, -0.15) is 0 Å². The summed E-state index contributed by atoms with van der Waals surface area (Å²) < 4.78 is 5.22. The third-order valence-electron chi connectivity index (χ3n) is 2.80. The normalized spacial score (nSPS) is 10.8. The number of rotatable bonds is 2. The maximum absolute atomic E-state index is 6.01. The van der Waals surface area contributed by atoms with Crippen LogP contribution in [0.5, 0.6) is 5.75 Å². The molecular weight excluding hydrogens is 250 g/mol. The highest BCUT2D eigenvalue weighted by Crippen LogP contribution is 2.31. The van der Waals surface area contributed by atoms with Gasteiger partial charge < -0.3 is 9.72 Å². The lowest BCUT2D eigenvalue weighted by atomic mass is 10.1. The number of benzene rings is 1. The maximum atomic E-state index is 6.01. The molecule has 0 fully saturated rings. The highest BCUT2D eigenvalue weighted by molar-refractivity contribution is 6.34. The predicted octanol–water partition coefficient (Wildman–Crippen LogP) is 3.29. The first-order valence-electron chi connectivity index (χ1n) is 5.41. The molecule has 2 aromatic heterocycles. The van der Waals surface area contributed by atoms with Gasteiger partial charge in [0.25, 0.3) is 0 Å². The van der Waals surface area contributed by atoms with Gasteiger partial charge in [0.05, 0.1) is 7.11 Å². The van der Waals surface area contributed by atoms with E-state index in [9.17, 15) is 0 Å². The first-order valence-corrected chi connectivity index (χ1v) is 5.79. The van der Waals surface area contributed by atoms with Crippen LogP contribution in [-0.4, -0.2) is 22.1 Å². The number of hydrogen-bond donors (Lipinski definition) is 1. The molecule has 0 spiro atoms. The van der Waals surface area contributed by atoms with Gasteiger partial charge in [-0.3, -0.25) is 0 Å². The fraction of sp³-hybridized carbons (Fsp3) is 0.0769. The third-order valence-corrected chi connectivity index (χ3v) is 3.08. The molecule has 0 saturated heterocycles. The van der Waals surface area contributed by atoms with E-state index < -0.39 is 0 Å². The predicted molar refractivity (Wildman–Crippen MR) is 70.9 cm³/mol. The summed E-state index contributed by atoms with van der Waals surface area (Å²) in [5.74, 6) is 0.807. The Morgan fingerprint density at radius 3 is 3.00 bits per heavy atom. The van der Waals surface area contributed by atoms with Crippen molar-refractivity contribution in [1.29, 1.82) is 0 Å². The average Bonchev–Trinajstić information content (AvgIpc) is 2.84. The summed E-state index contributed by atoms with van der Waals surface area (Å²) in [6, 6.07) is 7.80. The molecule has 2 heterocycles. The first-order chi connectivity index (χ1) is 8.79. The highest BCUT2D eigenvalue weighted by Gasteiger charge is 2.10. The Morgan fingerprint density at radius 1 is 1.28 bits per heavy atom. The van der Waals surface area contributed by atoms with Gasteiger partial charge in [0.2, 0.25) is 0 Å².